The lowest BCUT2D eigenvalue weighted by Gasteiger charge is -2.29. The molecule has 0 saturated carbocycles. The van der Waals surface area contributed by atoms with Gasteiger partial charge in [0, 0.05) is 66.4 Å². The topological polar surface area (TPSA) is 52.4 Å². The van der Waals surface area contributed by atoms with Crippen molar-refractivity contribution in [2.75, 3.05) is 11.4 Å². The lowest BCUT2D eigenvalue weighted by Crippen LogP contribution is -2.34. The Hall–Kier alpha value is -3.32. The number of nitrogens with zero attached hydrogens (tertiary/aromatic N) is 3. The number of carbonyl (C=O) groups excluding carboxylic acids is 1. The van der Waals surface area contributed by atoms with Crippen molar-refractivity contribution in [3.63, 3.8) is 0 Å². The van der Waals surface area contributed by atoms with Crippen molar-refractivity contribution in [3.8, 4) is 0 Å². The molecular formula is C51H63I2N4O+. The van der Waals surface area contributed by atoms with E-state index in [0.29, 0.717) is 16.7 Å². The smallest absolute Gasteiger partial charge is 0.254 e. The number of unbranched alkanes of at least 4 members (excludes halogenated alkanes) is 18. The number of Topliss-reactive ketones (excluding diaryl/α,β-unsaturated/α-hetero) is 1. The summed E-state index contributed by atoms with van der Waals surface area (Å²) in [4.78, 5) is 20.1. The Morgan fingerprint density at radius 3 is 1.98 bits per heavy atom. The molecule has 1 aliphatic heterocycles. The highest BCUT2D eigenvalue weighted by molar-refractivity contribution is 14.1. The highest BCUT2D eigenvalue weighted by Gasteiger charge is 2.35. The van der Waals surface area contributed by atoms with E-state index in [-0.39, 0.29) is 11.5 Å². The van der Waals surface area contributed by atoms with Crippen molar-refractivity contribution in [2.45, 2.75) is 149 Å². The van der Waals surface area contributed by atoms with Crippen LogP contribution in [0, 0.1) is 19.1 Å². The Labute approximate surface area is 376 Å². The molecule has 0 radical (unpaired) electrons. The van der Waals surface area contributed by atoms with Gasteiger partial charge in [0.2, 0.25) is 5.52 Å². The van der Waals surface area contributed by atoms with Crippen LogP contribution in [0.3, 0.4) is 0 Å². The third kappa shape index (κ3) is 12.8. The molecule has 7 heteroatoms. The number of aromatic nitrogens is 1. The Balaban J connectivity index is 1.31. The van der Waals surface area contributed by atoms with Gasteiger partial charge in [0.25, 0.3) is 5.70 Å². The van der Waals surface area contributed by atoms with Crippen LogP contribution in [-0.4, -0.2) is 18.2 Å². The van der Waals surface area contributed by atoms with Gasteiger partial charge in [0.15, 0.2) is 12.0 Å². The summed E-state index contributed by atoms with van der Waals surface area (Å²) in [6, 6.07) is 15.0. The van der Waals surface area contributed by atoms with Crippen molar-refractivity contribution in [1.29, 1.82) is 5.41 Å². The number of rotatable bonds is 25. The molecule has 5 nitrogen and oxygen atoms in total. The van der Waals surface area contributed by atoms with Crippen LogP contribution in [0.15, 0.2) is 89.4 Å². The van der Waals surface area contributed by atoms with Crippen LogP contribution in [0.1, 0.15) is 153 Å². The summed E-state index contributed by atoms with van der Waals surface area (Å²) < 4.78 is 4.68. The van der Waals surface area contributed by atoms with Gasteiger partial charge in [-0.15, -0.1) is 0 Å². The number of aryl methyl sites for hydroxylation is 1. The molecule has 5 rings (SSSR count). The number of nitrogens with one attached hydrogen (secondary N) is 1. The monoisotopic (exact) mass is 1000 g/mol. The number of carbonyl (C=O) groups is 1. The predicted octanol–water partition coefficient (Wildman–Crippen LogP) is 14.9. The number of hydrogen-bond acceptors (Lipinski definition) is 3. The van der Waals surface area contributed by atoms with Crippen LogP contribution in [0.25, 0.3) is 27.4 Å². The van der Waals surface area contributed by atoms with E-state index in [2.05, 4.69) is 140 Å². The summed E-state index contributed by atoms with van der Waals surface area (Å²) in [5.74, 6) is 2.25. The molecule has 1 aromatic heterocycles. The van der Waals surface area contributed by atoms with Gasteiger partial charge in [-0.2, -0.15) is 4.57 Å². The summed E-state index contributed by atoms with van der Waals surface area (Å²) >= 11 is 4.75. The van der Waals surface area contributed by atoms with E-state index in [4.69, 9.17) is 12.0 Å². The Morgan fingerprint density at radius 2 is 1.36 bits per heavy atom. The molecule has 0 saturated heterocycles. The largest absolute Gasteiger partial charge is 0.347 e. The van der Waals surface area contributed by atoms with E-state index in [9.17, 15) is 4.79 Å². The Bertz CT molecular complexity index is 2090. The highest BCUT2D eigenvalue weighted by Crippen LogP contribution is 2.42. The van der Waals surface area contributed by atoms with Gasteiger partial charge in [0.05, 0.1) is 12.0 Å². The van der Waals surface area contributed by atoms with Crippen molar-refractivity contribution in [1.82, 2.24) is 0 Å². The van der Waals surface area contributed by atoms with Gasteiger partial charge in [-0.05, 0) is 118 Å². The van der Waals surface area contributed by atoms with Gasteiger partial charge >= 0.3 is 0 Å². The minimum atomic E-state index is -0.104. The molecule has 0 fully saturated rings. The quantitative estimate of drug-likeness (QED) is 0.0230. The molecule has 1 aliphatic carbocycles. The van der Waals surface area contributed by atoms with Crippen LogP contribution in [0.2, 0.25) is 0 Å². The van der Waals surface area contributed by atoms with Gasteiger partial charge in [0.1, 0.15) is 6.54 Å². The van der Waals surface area contributed by atoms with Crippen LogP contribution >= 0.6 is 45.2 Å². The molecule has 3 aromatic rings. The fourth-order valence-electron chi connectivity index (χ4n) is 8.28. The van der Waals surface area contributed by atoms with E-state index in [1.54, 1.807) is 0 Å². The summed E-state index contributed by atoms with van der Waals surface area (Å²) in [7, 11) is 0. The third-order valence-electron chi connectivity index (χ3n) is 11.6. The molecule has 2 aromatic carbocycles. The first-order valence-electron chi connectivity index (χ1n) is 22.2. The number of anilines is 1. The SMILES string of the molecule is [C-]#[N+]C(=C=N)C1=C(/C=C2\C=CN(CCCCCCCCCCCC)c3cc(I)ccc32)C(=O)/C1=C\c1cc[n+](CCCCCCCCCCCC)c2cc(I)ccc12. The fraction of sp³-hybridized carbons (Fsp3) is 0.471. The first-order valence-corrected chi connectivity index (χ1v) is 24.3. The summed E-state index contributed by atoms with van der Waals surface area (Å²) in [5, 5.41) is 9.08. The zero-order chi connectivity index (χ0) is 41.1. The molecule has 0 atom stereocenters. The molecule has 306 valence electrons. The maximum Gasteiger partial charge on any atom is 0.254 e. The number of allylic oxidation sites excluding steroid dienone is 5. The van der Waals surface area contributed by atoms with Gasteiger partial charge in [-0.25, -0.2) is 4.85 Å². The van der Waals surface area contributed by atoms with Crippen LogP contribution in [0.4, 0.5) is 5.69 Å². The summed E-state index contributed by atoms with van der Waals surface area (Å²) in [6.07, 6.45) is 36.4. The molecule has 0 amide bonds. The average molecular weight is 1000 g/mol. The van der Waals surface area contributed by atoms with Crippen LogP contribution in [0.5, 0.6) is 0 Å². The van der Waals surface area contributed by atoms with E-state index >= 15 is 0 Å². The van der Waals surface area contributed by atoms with Crippen LogP contribution < -0.4 is 9.47 Å². The van der Waals surface area contributed by atoms with Gasteiger partial charge in [-0.3, -0.25) is 10.2 Å². The highest BCUT2D eigenvalue weighted by atomic mass is 127. The molecule has 1 N–H and O–H groups in total. The lowest BCUT2D eigenvalue weighted by molar-refractivity contribution is -0.671. The second-order valence-corrected chi connectivity index (χ2v) is 18.5. The molecule has 0 spiro atoms. The van der Waals surface area contributed by atoms with E-state index in [0.717, 1.165) is 59.2 Å². The number of ketones is 1. The molecule has 2 heterocycles. The number of benzene rings is 2. The normalized spacial score (nSPS) is 14.9. The second-order valence-electron chi connectivity index (χ2n) is 16.0. The number of pyridine rings is 1. The summed E-state index contributed by atoms with van der Waals surface area (Å²) in [6.45, 7) is 14.4. The average Bonchev–Trinajstić information content (AvgIpc) is 3.23. The van der Waals surface area contributed by atoms with E-state index in [1.807, 2.05) is 12.2 Å². The Morgan fingerprint density at radius 1 is 0.776 bits per heavy atom. The van der Waals surface area contributed by atoms with Crippen molar-refractivity contribution >= 4 is 85.1 Å². The zero-order valence-electron chi connectivity index (χ0n) is 35.0. The van der Waals surface area contributed by atoms with E-state index < -0.39 is 0 Å². The van der Waals surface area contributed by atoms with Crippen molar-refractivity contribution in [2.24, 2.45) is 0 Å². The van der Waals surface area contributed by atoms with Crippen molar-refractivity contribution < 1.29 is 9.36 Å². The first kappa shape index (κ1) is 45.8. The molecule has 0 bridgehead atoms. The number of hydrogen-bond donors (Lipinski definition) is 1. The lowest BCUT2D eigenvalue weighted by atomic mass is 9.77. The molecular weight excluding hydrogens is 938 g/mol. The number of halogens is 2. The first-order chi connectivity index (χ1) is 28.4. The summed E-state index contributed by atoms with van der Waals surface area (Å²) in [5.41, 5.74) is 6.75. The Kier molecular flexibility index (Phi) is 19.5. The van der Waals surface area contributed by atoms with Gasteiger partial charge in [-0.1, -0.05) is 129 Å². The maximum absolute atomic E-state index is 14.1. The second kappa shape index (κ2) is 24.7. The minimum Gasteiger partial charge on any atom is -0.347 e. The molecule has 0 unspecified atom stereocenters. The van der Waals surface area contributed by atoms with E-state index in [1.165, 1.54) is 123 Å². The van der Waals surface area contributed by atoms with Crippen molar-refractivity contribution in [3.05, 3.63) is 119 Å². The zero-order valence-corrected chi connectivity index (χ0v) is 39.3. The minimum absolute atomic E-state index is 0.0636. The number of fused-ring (bicyclic) bond motifs is 2. The predicted molar refractivity (Wildman–Crippen MR) is 262 cm³/mol. The molecule has 58 heavy (non-hydrogen) atoms. The van der Waals surface area contributed by atoms with Gasteiger partial charge < -0.3 is 4.90 Å². The van der Waals surface area contributed by atoms with Crippen LogP contribution in [-0.2, 0) is 11.3 Å². The maximum atomic E-state index is 14.1. The molecule has 2 aliphatic rings. The standard InChI is InChI=1S/C51H63I2N4O/c1-4-6-8-10-12-14-16-18-20-22-30-56-32-28-39(43-26-24-41(52)36-48(43)56)34-45-50(47(38-54)55-3)46(51(45)58)35-40-29-33-57(49-37-42(53)25-27-44(40)49)31-23-21-19-17-15-13-11-9-7-5-2/h24-29,32-37,54H,4-23,30-31H2,1-2H3/q+1. The third-order valence-corrected chi connectivity index (χ3v) is 13.0. The fourth-order valence-corrected chi connectivity index (χ4v) is 9.23.